The molecule has 6 nitrogen and oxygen atoms in total. The van der Waals surface area contributed by atoms with Crippen LogP contribution in [0.1, 0.15) is 40.3 Å². The summed E-state index contributed by atoms with van der Waals surface area (Å²) in [5.74, 6) is -0.0941. The highest BCUT2D eigenvalue weighted by Gasteiger charge is 2.22. The number of amides is 1. The van der Waals surface area contributed by atoms with Crippen LogP contribution in [-0.4, -0.2) is 59.5 Å². The molecule has 178 valence electrons. The standard InChI is InChI=1S/C27H33N5OS/c1-20(2)31-14-16-32(17-15-31)23-10-8-22(9-11-23)26(33)29-27-28-24-12-13-30(19-25(24)34-27)18-21-6-4-3-5-7-21/h3-11,20H,12-19H2,1-2H3,(H,28,29,33). The first-order chi connectivity index (χ1) is 16.5. The molecule has 34 heavy (non-hydrogen) atoms. The van der Waals surface area contributed by atoms with Crippen molar-refractivity contribution in [3.63, 3.8) is 0 Å². The van der Waals surface area contributed by atoms with Gasteiger partial charge in [-0.25, -0.2) is 4.98 Å². The van der Waals surface area contributed by atoms with Crippen LogP contribution in [-0.2, 0) is 19.5 Å². The van der Waals surface area contributed by atoms with Crippen molar-refractivity contribution in [1.29, 1.82) is 0 Å². The van der Waals surface area contributed by atoms with Crippen molar-refractivity contribution >= 4 is 28.1 Å². The van der Waals surface area contributed by atoms with Crippen molar-refractivity contribution in [2.24, 2.45) is 0 Å². The van der Waals surface area contributed by atoms with E-state index in [-0.39, 0.29) is 5.91 Å². The summed E-state index contributed by atoms with van der Waals surface area (Å²) in [5.41, 5.74) is 4.31. The van der Waals surface area contributed by atoms with Gasteiger partial charge in [0.05, 0.1) is 5.69 Å². The average Bonchev–Trinajstić information content (AvgIpc) is 3.26. The van der Waals surface area contributed by atoms with Crippen molar-refractivity contribution in [2.75, 3.05) is 42.9 Å². The zero-order valence-corrected chi connectivity index (χ0v) is 20.9. The van der Waals surface area contributed by atoms with Crippen molar-refractivity contribution in [1.82, 2.24) is 14.8 Å². The zero-order valence-electron chi connectivity index (χ0n) is 20.0. The first-order valence-corrected chi connectivity index (χ1v) is 13.0. The summed E-state index contributed by atoms with van der Waals surface area (Å²) >= 11 is 1.60. The maximum absolute atomic E-state index is 12.9. The van der Waals surface area contributed by atoms with Gasteiger partial charge >= 0.3 is 0 Å². The molecule has 0 saturated carbocycles. The molecule has 0 atom stereocenters. The number of hydrogen-bond donors (Lipinski definition) is 1. The van der Waals surface area contributed by atoms with Crippen LogP contribution in [0.3, 0.4) is 0 Å². The average molecular weight is 476 g/mol. The number of nitrogens with one attached hydrogen (secondary N) is 1. The number of hydrogen-bond acceptors (Lipinski definition) is 6. The topological polar surface area (TPSA) is 51.7 Å². The van der Waals surface area contributed by atoms with Crippen LogP contribution in [0.25, 0.3) is 0 Å². The van der Waals surface area contributed by atoms with Crippen molar-refractivity contribution in [3.8, 4) is 0 Å². The van der Waals surface area contributed by atoms with Crippen LogP contribution >= 0.6 is 11.3 Å². The minimum Gasteiger partial charge on any atom is -0.369 e. The van der Waals surface area contributed by atoms with Gasteiger partial charge in [-0.05, 0) is 43.7 Å². The number of rotatable bonds is 6. The molecule has 0 radical (unpaired) electrons. The number of thiazole rings is 1. The molecule has 7 heteroatoms. The summed E-state index contributed by atoms with van der Waals surface area (Å²) < 4.78 is 0. The molecule has 3 aromatic rings. The SMILES string of the molecule is CC(C)N1CCN(c2ccc(C(=O)Nc3nc4c(s3)CN(Cc3ccccc3)CC4)cc2)CC1. The number of aromatic nitrogens is 1. The van der Waals surface area contributed by atoms with E-state index in [9.17, 15) is 4.79 Å². The second-order valence-electron chi connectivity index (χ2n) is 9.45. The fraction of sp³-hybridized carbons (Fsp3) is 0.407. The zero-order chi connectivity index (χ0) is 23.5. The van der Waals surface area contributed by atoms with Gasteiger partial charge in [0.1, 0.15) is 0 Å². The van der Waals surface area contributed by atoms with Gasteiger partial charge in [-0.3, -0.25) is 19.9 Å². The molecule has 1 aromatic heterocycles. The minimum atomic E-state index is -0.0941. The lowest BCUT2D eigenvalue weighted by atomic mass is 10.1. The van der Waals surface area contributed by atoms with E-state index in [4.69, 9.17) is 4.98 Å². The van der Waals surface area contributed by atoms with Crippen molar-refractivity contribution in [2.45, 2.75) is 39.4 Å². The fourth-order valence-electron chi connectivity index (χ4n) is 4.77. The third-order valence-corrected chi connectivity index (χ3v) is 7.82. The molecule has 2 aromatic carbocycles. The molecule has 0 unspecified atom stereocenters. The quantitative estimate of drug-likeness (QED) is 0.570. The highest BCUT2D eigenvalue weighted by atomic mass is 32.1. The number of carbonyl (C=O) groups excluding carboxylic acids is 1. The highest BCUT2D eigenvalue weighted by molar-refractivity contribution is 7.15. The van der Waals surface area contributed by atoms with Crippen LogP contribution in [0, 0.1) is 0 Å². The van der Waals surface area contributed by atoms with E-state index in [1.54, 1.807) is 11.3 Å². The third-order valence-electron chi connectivity index (χ3n) is 6.82. The molecular formula is C27H33N5OS. The van der Waals surface area contributed by atoms with Crippen LogP contribution in [0.15, 0.2) is 54.6 Å². The Morgan fingerprint density at radius 2 is 1.74 bits per heavy atom. The molecule has 2 aliphatic heterocycles. The van der Waals surface area contributed by atoms with Gasteiger partial charge in [0.2, 0.25) is 0 Å². The minimum absolute atomic E-state index is 0.0941. The van der Waals surface area contributed by atoms with Gasteiger partial charge in [0, 0.05) is 74.4 Å². The Bertz CT molecular complexity index is 1100. The maximum Gasteiger partial charge on any atom is 0.257 e. The Balaban J connectivity index is 1.17. The van der Waals surface area contributed by atoms with E-state index in [2.05, 4.69) is 76.3 Å². The summed E-state index contributed by atoms with van der Waals surface area (Å²) in [6, 6.07) is 19.1. The van der Waals surface area contributed by atoms with E-state index < -0.39 is 0 Å². The van der Waals surface area contributed by atoms with E-state index in [0.717, 1.165) is 57.9 Å². The predicted molar refractivity (Wildman–Crippen MR) is 140 cm³/mol. The molecule has 0 spiro atoms. The van der Waals surface area contributed by atoms with Gasteiger partial charge in [0.25, 0.3) is 5.91 Å². The lowest BCUT2D eigenvalue weighted by Crippen LogP contribution is -2.48. The summed E-state index contributed by atoms with van der Waals surface area (Å²) in [5, 5.41) is 3.73. The number of carbonyl (C=O) groups is 1. The lowest BCUT2D eigenvalue weighted by Gasteiger charge is -2.38. The third kappa shape index (κ3) is 5.32. The maximum atomic E-state index is 12.9. The van der Waals surface area contributed by atoms with Crippen molar-refractivity contribution in [3.05, 3.63) is 76.3 Å². The number of fused-ring (bicyclic) bond motifs is 1. The molecule has 3 heterocycles. The smallest absolute Gasteiger partial charge is 0.257 e. The molecule has 0 bridgehead atoms. The summed E-state index contributed by atoms with van der Waals surface area (Å²) in [6.07, 6.45) is 0.924. The first kappa shape index (κ1) is 23.0. The van der Waals surface area contributed by atoms with E-state index in [1.807, 2.05) is 12.1 Å². The lowest BCUT2D eigenvalue weighted by molar-refractivity contribution is 0.102. The van der Waals surface area contributed by atoms with E-state index >= 15 is 0 Å². The predicted octanol–water partition coefficient (Wildman–Crippen LogP) is 4.48. The number of nitrogens with zero attached hydrogens (tertiary/aromatic N) is 4. The van der Waals surface area contributed by atoms with E-state index in [0.29, 0.717) is 16.7 Å². The highest BCUT2D eigenvalue weighted by Crippen LogP contribution is 2.29. The van der Waals surface area contributed by atoms with Crippen LogP contribution in [0.2, 0.25) is 0 Å². The van der Waals surface area contributed by atoms with Crippen LogP contribution < -0.4 is 10.2 Å². The Kier molecular flexibility index (Phi) is 6.94. The fourth-order valence-corrected chi connectivity index (χ4v) is 5.81. The Morgan fingerprint density at radius 1 is 1.00 bits per heavy atom. The van der Waals surface area contributed by atoms with E-state index in [1.165, 1.54) is 16.1 Å². The summed E-state index contributed by atoms with van der Waals surface area (Å²) in [7, 11) is 0. The molecule has 1 amide bonds. The molecular weight excluding hydrogens is 442 g/mol. The Hall–Kier alpha value is -2.74. The molecule has 2 aliphatic rings. The molecule has 0 aliphatic carbocycles. The monoisotopic (exact) mass is 475 g/mol. The van der Waals surface area contributed by atoms with Gasteiger partial charge in [-0.2, -0.15) is 0 Å². The van der Waals surface area contributed by atoms with Crippen molar-refractivity contribution < 1.29 is 4.79 Å². The van der Waals surface area contributed by atoms with Gasteiger partial charge < -0.3 is 4.90 Å². The summed E-state index contributed by atoms with van der Waals surface area (Å²) in [6.45, 7) is 11.5. The Labute approximate surface area is 206 Å². The largest absolute Gasteiger partial charge is 0.369 e. The van der Waals surface area contributed by atoms with Gasteiger partial charge in [0.15, 0.2) is 5.13 Å². The second-order valence-corrected chi connectivity index (χ2v) is 10.5. The number of anilines is 2. The van der Waals surface area contributed by atoms with Gasteiger partial charge in [-0.1, -0.05) is 30.3 Å². The molecule has 1 fully saturated rings. The second kappa shape index (κ2) is 10.3. The van der Waals surface area contributed by atoms with Crippen LogP contribution in [0.5, 0.6) is 0 Å². The normalized spacial score (nSPS) is 17.1. The van der Waals surface area contributed by atoms with Crippen LogP contribution in [0.4, 0.5) is 10.8 Å². The molecule has 1 N–H and O–H groups in total. The number of benzene rings is 2. The molecule has 1 saturated heterocycles. The number of piperazine rings is 1. The Morgan fingerprint density at radius 3 is 2.44 bits per heavy atom. The summed E-state index contributed by atoms with van der Waals surface area (Å²) in [4.78, 5) is 26.2. The first-order valence-electron chi connectivity index (χ1n) is 12.2. The molecule has 5 rings (SSSR count). The van der Waals surface area contributed by atoms with Gasteiger partial charge in [-0.15, -0.1) is 11.3 Å².